The summed E-state index contributed by atoms with van der Waals surface area (Å²) in [6, 6.07) is 0.170. The number of nitrogens with zero attached hydrogens (tertiary/aromatic N) is 1. The molecule has 1 aliphatic heterocycles. The predicted octanol–water partition coefficient (Wildman–Crippen LogP) is 6.21. The quantitative estimate of drug-likeness (QED) is 0.362. The van der Waals surface area contributed by atoms with Crippen molar-refractivity contribution in [2.75, 3.05) is 19.6 Å². The minimum absolute atomic E-state index is 0.170. The normalized spacial score (nSPS) is 31.6. The Morgan fingerprint density at radius 1 is 1.16 bits per heavy atom. The van der Waals surface area contributed by atoms with Crippen LogP contribution in [-0.4, -0.2) is 41.9 Å². The van der Waals surface area contributed by atoms with E-state index >= 15 is 0 Å². The van der Waals surface area contributed by atoms with Gasteiger partial charge in [-0.1, -0.05) is 78.0 Å². The number of rotatable bonds is 7. The number of amides is 1. The molecule has 0 bridgehead atoms. The topological polar surface area (TPSA) is 32.3 Å². The number of hydrogen-bond donors (Lipinski definition) is 1. The molecule has 1 heterocycles. The fourth-order valence-corrected chi connectivity index (χ4v) is 6.13. The van der Waals surface area contributed by atoms with E-state index in [0.717, 1.165) is 32.5 Å². The first kappa shape index (κ1) is 25.6. The van der Waals surface area contributed by atoms with Gasteiger partial charge in [0, 0.05) is 19.1 Å². The van der Waals surface area contributed by atoms with Gasteiger partial charge in [-0.2, -0.15) is 0 Å². The molecular formula is C28H45ClN2O. The first-order valence-electron chi connectivity index (χ1n) is 12.7. The minimum Gasteiger partial charge on any atom is -0.351 e. The average molecular weight is 461 g/mol. The molecule has 1 N–H and O–H groups in total. The van der Waals surface area contributed by atoms with E-state index in [1.807, 2.05) is 0 Å². The molecule has 0 aromatic heterocycles. The second kappa shape index (κ2) is 10.5. The lowest BCUT2D eigenvalue weighted by molar-refractivity contribution is -0.132. The predicted molar refractivity (Wildman–Crippen MR) is 137 cm³/mol. The van der Waals surface area contributed by atoms with Crippen molar-refractivity contribution in [3.8, 4) is 0 Å². The summed E-state index contributed by atoms with van der Waals surface area (Å²) in [6.45, 7) is 16.6. The van der Waals surface area contributed by atoms with Crippen molar-refractivity contribution in [2.24, 2.45) is 34.5 Å². The Balaban J connectivity index is 1.60. The van der Waals surface area contributed by atoms with Crippen molar-refractivity contribution >= 4 is 17.5 Å². The third-order valence-electron chi connectivity index (χ3n) is 8.32. The molecular weight excluding hydrogens is 416 g/mol. The van der Waals surface area contributed by atoms with Crippen LogP contribution >= 0.6 is 11.6 Å². The van der Waals surface area contributed by atoms with Crippen LogP contribution in [0.2, 0.25) is 0 Å². The molecule has 0 aromatic carbocycles. The fourth-order valence-electron chi connectivity index (χ4n) is 5.92. The molecule has 4 heteroatoms. The molecule has 1 amide bonds. The number of carbonyl (C=O) groups excluding carboxylic acids is 1. The van der Waals surface area contributed by atoms with Crippen molar-refractivity contribution in [1.29, 1.82) is 0 Å². The number of alkyl halides is 1. The summed E-state index contributed by atoms with van der Waals surface area (Å²) < 4.78 is 0. The van der Waals surface area contributed by atoms with Gasteiger partial charge in [0.2, 0.25) is 5.91 Å². The molecule has 180 valence electrons. The molecule has 5 atom stereocenters. The summed E-state index contributed by atoms with van der Waals surface area (Å²) in [6.07, 6.45) is 17.6. The number of piperidine rings is 1. The summed E-state index contributed by atoms with van der Waals surface area (Å²) in [7, 11) is 0. The van der Waals surface area contributed by atoms with Crippen LogP contribution in [-0.2, 0) is 4.79 Å². The molecule has 0 saturated carbocycles. The fraction of sp³-hybridized carbons (Fsp3) is 0.750. The number of halogens is 1. The van der Waals surface area contributed by atoms with Gasteiger partial charge in [-0.15, -0.1) is 11.6 Å². The van der Waals surface area contributed by atoms with Crippen LogP contribution in [0.25, 0.3) is 0 Å². The molecule has 0 spiro atoms. The first-order chi connectivity index (χ1) is 15.0. The highest BCUT2D eigenvalue weighted by Crippen LogP contribution is 2.43. The van der Waals surface area contributed by atoms with E-state index in [9.17, 15) is 4.79 Å². The number of hydrogen-bond acceptors (Lipinski definition) is 2. The van der Waals surface area contributed by atoms with Crippen molar-refractivity contribution in [3.63, 3.8) is 0 Å². The second-order valence-electron chi connectivity index (χ2n) is 12.0. The highest BCUT2D eigenvalue weighted by atomic mass is 35.5. The van der Waals surface area contributed by atoms with Gasteiger partial charge in [0.1, 0.15) is 0 Å². The largest absolute Gasteiger partial charge is 0.351 e. The lowest BCUT2D eigenvalue weighted by Crippen LogP contribution is -2.55. The zero-order valence-corrected chi connectivity index (χ0v) is 21.9. The Bertz CT molecular complexity index is 736. The summed E-state index contributed by atoms with van der Waals surface area (Å²) in [5, 5.41) is 3.66. The smallest absolute Gasteiger partial charge is 0.226 e. The van der Waals surface area contributed by atoms with E-state index in [4.69, 9.17) is 11.6 Å². The van der Waals surface area contributed by atoms with E-state index in [1.165, 1.54) is 12.8 Å². The van der Waals surface area contributed by atoms with E-state index in [1.54, 1.807) is 0 Å². The SMILES string of the molecule is CC(C)[C@H](CN1CC[C@H](C2C=CC(Cl)CC2)C(C)(C)C1)NC(=O)C(C)(C)C1C=CC=CC1. The third kappa shape index (κ3) is 6.08. The molecule has 1 saturated heterocycles. The Morgan fingerprint density at radius 3 is 2.47 bits per heavy atom. The van der Waals surface area contributed by atoms with Crippen LogP contribution in [0.4, 0.5) is 0 Å². The van der Waals surface area contributed by atoms with E-state index < -0.39 is 5.41 Å². The van der Waals surface area contributed by atoms with Gasteiger partial charge in [0.15, 0.2) is 0 Å². The van der Waals surface area contributed by atoms with Crippen molar-refractivity contribution in [1.82, 2.24) is 10.2 Å². The van der Waals surface area contributed by atoms with Crippen LogP contribution in [0.15, 0.2) is 36.5 Å². The Morgan fingerprint density at radius 2 is 1.91 bits per heavy atom. The third-order valence-corrected chi connectivity index (χ3v) is 8.68. The molecule has 32 heavy (non-hydrogen) atoms. The van der Waals surface area contributed by atoms with Gasteiger partial charge >= 0.3 is 0 Å². The maximum absolute atomic E-state index is 13.3. The summed E-state index contributed by atoms with van der Waals surface area (Å²) in [4.78, 5) is 15.9. The van der Waals surface area contributed by atoms with Crippen molar-refractivity contribution in [3.05, 3.63) is 36.5 Å². The summed E-state index contributed by atoms with van der Waals surface area (Å²) in [5.41, 5.74) is -0.148. The molecule has 3 aliphatic rings. The van der Waals surface area contributed by atoms with Crippen LogP contribution in [0.1, 0.15) is 67.2 Å². The Hall–Kier alpha value is -1.06. The van der Waals surface area contributed by atoms with Gasteiger partial charge in [0.25, 0.3) is 0 Å². The molecule has 3 rings (SSSR count). The van der Waals surface area contributed by atoms with E-state index in [0.29, 0.717) is 17.8 Å². The lowest BCUT2D eigenvalue weighted by atomic mass is 9.65. The minimum atomic E-state index is -0.408. The molecule has 3 nitrogen and oxygen atoms in total. The van der Waals surface area contributed by atoms with Gasteiger partial charge in [0.05, 0.1) is 10.8 Å². The molecule has 1 fully saturated rings. The number of allylic oxidation sites excluding steroid dienone is 6. The van der Waals surface area contributed by atoms with Crippen LogP contribution in [0, 0.1) is 34.5 Å². The zero-order chi connectivity index (χ0) is 23.5. The van der Waals surface area contributed by atoms with Crippen LogP contribution in [0.3, 0.4) is 0 Å². The van der Waals surface area contributed by atoms with Crippen LogP contribution < -0.4 is 5.32 Å². The van der Waals surface area contributed by atoms with Gasteiger partial charge in [-0.05, 0) is 61.3 Å². The highest BCUT2D eigenvalue weighted by Gasteiger charge is 2.41. The average Bonchev–Trinajstić information content (AvgIpc) is 2.74. The highest BCUT2D eigenvalue weighted by molar-refractivity contribution is 6.21. The van der Waals surface area contributed by atoms with Gasteiger partial charge in [-0.3, -0.25) is 4.79 Å². The van der Waals surface area contributed by atoms with Gasteiger partial charge in [-0.25, -0.2) is 0 Å². The molecule has 2 aliphatic carbocycles. The molecule has 0 aromatic rings. The molecule has 0 radical (unpaired) electrons. The summed E-state index contributed by atoms with van der Waals surface area (Å²) in [5.74, 6) is 2.20. The zero-order valence-electron chi connectivity index (χ0n) is 21.1. The number of likely N-dealkylation sites (tertiary alicyclic amines) is 1. The van der Waals surface area contributed by atoms with E-state index in [2.05, 4.69) is 88.2 Å². The summed E-state index contributed by atoms with van der Waals surface area (Å²) >= 11 is 6.29. The second-order valence-corrected chi connectivity index (χ2v) is 12.5. The lowest BCUT2D eigenvalue weighted by Gasteiger charge is -2.48. The monoisotopic (exact) mass is 460 g/mol. The number of carbonyl (C=O) groups is 1. The first-order valence-corrected chi connectivity index (χ1v) is 13.1. The van der Waals surface area contributed by atoms with Gasteiger partial charge < -0.3 is 10.2 Å². The maximum atomic E-state index is 13.3. The Kier molecular flexibility index (Phi) is 8.36. The van der Waals surface area contributed by atoms with Crippen LogP contribution in [0.5, 0.6) is 0 Å². The van der Waals surface area contributed by atoms with Crippen molar-refractivity contribution in [2.45, 2.75) is 78.6 Å². The van der Waals surface area contributed by atoms with E-state index in [-0.39, 0.29) is 28.7 Å². The Labute approximate surface area is 201 Å². The maximum Gasteiger partial charge on any atom is 0.226 e. The molecule has 3 unspecified atom stereocenters. The number of nitrogens with one attached hydrogen (secondary N) is 1. The standard InChI is InChI=1S/C28H45ClN2O/c1-20(2)25(30-26(32)28(5,6)22-10-8-7-9-11-22)18-31-17-16-24(27(3,4)19-31)21-12-14-23(29)15-13-21/h7-10,12,14,20-25H,11,13,15-19H2,1-6H3,(H,30,32)/t21?,22?,23?,24-,25+/m1/s1. The van der Waals surface area contributed by atoms with Crippen molar-refractivity contribution < 1.29 is 4.79 Å².